The molecular formula is C11H17N3O2. The van der Waals surface area contributed by atoms with Gasteiger partial charge in [-0.25, -0.2) is 4.79 Å². The highest BCUT2D eigenvalue weighted by Gasteiger charge is 2.29. The molecule has 5 nitrogen and oxygen atoms in total. The normalized spacial score (nSPS) is 19.9. The lowest BCUT2D eigenvalue weighted by molar-refractivity contribution is 0.0688. The van der Waals surface area contributed by atoms with Crippen LogP contribution in [-0.4, -0.2) is 27.4 Å². The summed E-state index contributed by atoms with van der Waals surface area (Å²) in [6, 6.07) is 0.197. The topological polar surface area (TPSA) is 67.2 Å². The Hall–Kier alpha value is -1.36. The second kappa shape index (κ2) is 3.90. The van der Waals surface area contributed by atoms with E-state index in [1.807, 2.05) is 18.5 Å². The van der Waals surface area contributed by atoms with E-state index in [-0.39, 0.29) is 11.7 Å². The zero-order valence-electron chi connectivity index (χ0n) is 9.82. The van der Waals surface area contributed by atoms with Crippen molar-refractivity contribution < 1.29 is 9.90 Å². The van der Waals surface area contributed by atoms with Gasteiger partial charge in [0.25, 0.3) is 0 Å². The van der Waals surface area contributed by atoms with E-state index in [1.54, 1.807) is 0 Å². The molecule has 2 rings (SSSR count). The number of hydrogen-bond donors (Lipinski definition) is 2. The lowest BCUT2D eigenvalue weighted by Gasteiger charge is -2.23. The van der Waals surface area contributed by atoms with E-state index in [4.69, 9.17) is 5.11 Å². The Morgan fingerprint density at radius 1 is 1.62 bits per heavy atom. The lowest BCUT2D eigenvalue weighted by Crippen LogP contribution is -2.28. The molecule has 1 aromatic rings. The SMILES string of the molecule is CC(C)n1nc(C(=O)O)c2c1[C@@H](C)CNC2. The Bertz CT molecular complexity index is 423. The minimum atomic E-state index is -0.938. The molecular weight excluding hydrogens is 206 g/mol. The number of rotatable bonds is 2. The molecule has 1 aliphatic rings. The molecule has 0 amide bonds. The third kappa shape index (κ3) is 1.61. The molecule has 2 heterocycles. The molecule has 0 radical (unpaired) electrons. The quantitative estimate of drug-likeness (QED) is 0.794. The largest absolute Gasteiger partial charge is 0.476 e. The van der Waals surface area contributed by atoms with E-state index in [2.05, 4.69) is 17.3 Å². The van der Waals surface area contributed by atoms with Crippen molar-refractivity contribution in [1.29, 1.82) is 0 Å². The van der Waals surface area contributed by atoms with Gasteiger partial charge in [0, 0.05) is 36.3 Å². The molecule has 0 bridgehead atoms. The van der Waals surface area contributed by atoms with Gasteiger partial charge in [-0.2, -0.15) is 5.10 Å². The second-order valence-electron chi connectivity index (χ2n) is 4.59. The van der Waals surface area contributed by atoms with Crippen LogP contribution in [0.4, 0.5) is 0 Å². The standard InChI is InChI=1S/C11H17N3O2/c1-6(2)14-10-7(3)4-12-5-8(10)9(13-14)11(15)16/h6-7,12H,4-5H2,1-3H3,(H,15,16)/t7-/m0/s1. The predicted molar refractivity (Wildman–Crippen MR) is 59.7 cm³/mol. The first-order valence-electron chi connectivity index (χ1n) is 5.57. The van der Waals surface area contributed by atoms with Crippen LogP contribution >= 0.6 is 0 Å². The van der Waals surface area contributed by atoms with Gasteiger partial charge in [-0.1, -0.05) is 6.92 Å². The smallest absolute Gasteiger partial charge is 0.356 e. The fourth-order valence-electron chi connectivity index (χ4n) is 2.25. The minimum Gasteiger partial charge on any atom is -0.476 e. The minimum absolute atomic E-state index is 0.197. The van der Waals surface area contributed by atoms with Crippen molar-refractivity contribution in [2.75, 3.05) is 6.54 Å². The van der Waals surface area contributed by atoms with Gasteiger partial charge in [0.2, 0.25) is 0 Å². The summed E-state index contributed by atoms with van der Waals surface area (Å²) in [5.41, 5.74) is 2.12. The van der Waals surface area contributed by atoms with Gasteiger partial charge in [-0.15, -0.1) is 0 Å². The number of aromatic nitrogens is 2. The van der Waals surface area contributed by atoms with Gasteiger partial charge < -0.3 is 10.4 Å². The molecule has 0 spiro atoms. The molecule has 16 heavy (non-hydrogen) atoms. The van der Waals surface area contributed by atoms with Gasteiger partial charge in [0.15, 0.2) is 5.69 Å². The number of fused-ring (bicyclic) bond motifs is 1. The Morgan fingerprint density at radius 3 is 2.88 bits per heavy atom. The van der Waals surface area contributed by atoms with E-state index < -0.39 is 5.97 Å². The Balaban J connectivity index is 2.60. The van der Waals surface area contributed by atoms with E-state index in [9.17, 15) is 4.79 Å². The maximum Gasteiger partial charge on any atom is 0.356 e. The molecule has 0 aromatic carbocycles. The van der Waals surface area contributed by atoms with Gasteiger partial charge in [-0.3, -0.25) is 4.68 Å². The first-order valence-corrected chi connectivity index (χ1v) is 5.57. The second-order valence-corrected chi connectivity index (χ2v) is 4.59. The van der Waals surface area contributed by atoms with Gasteiger partial charge in [0.05, 0.1) is 0 Å². The van der Waals surface area contributed by atoms with Crippen LogP contribution in [0.25, 0.3) is 0 Å². The summed E-state index contributed by atoms with van der Waals surface area (Å²) in [6.45, 7) is 7.62. The van der Waals surface area contributed by atoms with Crippen molar-refractivity contribution in [3.05, 3.63) is 17.0 Å². The number of carboxylic acids is 1. The van der Waals surface area contributed by atoms with Crippen molar-refractivity contribution in [3.8, 4) is 0 Å². The van der Waals surface area contributed by atoms with Crippen LogP contribution in [0.5, 0.6) is 0 Å². The molecule has 1 aromatic heterocycles. The van der Waals surface area contributed by atoms with Crippen LogP contribution in [-0.2, 0) is 6.54 Å². The summed E-state index contributed by atoms with van der Waals surface area (Å²) in [6.07, 6.45) is 0. The maximum absolute atomic E-state index is 11.1. The summed E-state index contributed by atoms with van der Waals surface area (Å²) in [5, 5.41) is 16.6. The molecule has 0 fully saturated rings. The summed E-state index contributed by atoms with van der Waals surface area (Å²) in [4.78, 5) is 11.1. The molecule has 0 aliphatic carbocycles. The molecule has 2 N–H and O–H groups in total. The van der Waals surface area contributed by atoms with Crippen LogP contribution in [0.2, 0.25) is 0 Å². The zero-order chi connectivity index (χ0) is 11.9. The van der Waals surface area contributed by atoms with Gasteiger partial charge in [-0.05, 0) is 13.8 Å². The average Bonchev–Trinajstić information content (AvgIpc) is 2.58. The highest BCUT2D eigenvalue weighted by molar-refractivity contribution is 5.87. The molecule has 1 atom stereocenters. The third-order valence-corrected chi connectivity index (χ3v) is 2.96. The molecule has 5 heteroatoms. The highest BCUT2D eigenvalue weighted by Crippen LogP contribution is 2.28. The fraction of sp³-hybridized carbons (Fsp3) is 0.636. The van der Waals surface area contributed by atoms with Crippen molar-refractivity contribution in [2.45, 2.75) is 39.3 Å². The summed E-state index contributed by atoms with van der Waals surface area (Å²) in [7, 11) is 0. The zero-order valence-corrected chi connectivity index (χ0v) is 9.82. The molecule has 1 aliphatic heterocycles. The Kier molecular flexibility index (Phi) is 2.71. The van der Waals surface area contributed by atoms with Crippen molar-refractivity contribution in [1.82, 2.24) is 15.1 Å². The van der Waals surface area contributed by atoms with E-state index in [0.29, 0.717) is 12.5 Å². The number of aromatic carboxylic acids is 1. The Morgan fingerprint density at radius 2 is 2.31 bits per heavy atom. The number of nitrogens with one attached hydrogen (secondary N) is 1. The number of carbonyl (C=O) groups is 1. The third-order valence-electron chi connectivity index (χ3n) is 2.96. The fourth-order valence-corrected chi connectivity index (χ4v) is 2.25. The van der Waals surface area contributed by atoms with Gasteiger partial charge in [0.1, 0.15) is 0 Å². The first-order chi connectivity index (χ1) is 7.52. The summed E-state index contributed by atoms with van der Waals surface area (Å²) >= 11 is 0. The van der Waals surface area contributed by atoms with Crippen LogP contribution in [0.1, 0.15) is 54.5 Å². The van der Waals surface area contributed by atoms with Crippen LogP contribution < -0.4 is 5.32 Å². The summed E-state index contributed by atoms with van der Waals surface area (Å²) in [5.74, 6) is -0.627. The van der Waals surface area contributed by atoms with Crippen LogP contribution in [0.15, 0.2) is 0 Å². The number of carboxylic acid groups (broad SMARTS) is 1. The maximum atomic E-state index is 11.1. The lowest BCUT2D eigenvalue weighted by atomic mass is 9.97. The van der Waals surface area contributed by atoms with E-state index >= 15 is 0 Å². The highest BCUT2D eigenvalue weighted by atomic mass is 16.4. The van der Waals surface area contributed by atoms with Crippen molar-refractivity contribution in [3.63, 3.8) is 0 Å². The van der Waals surface area contributed by atoms with Gasteiger partial charge >= 0.3 is 5.97 Å². The molecule has 0 saturated heterocycles. The number of nitrogens with zero attached hydrogens (tertiary/aromatic N) is 2. The molecule has 0 unspecified atom stereocenters. The van der Waals surface area contributed by atoms with E-state index in [1.165, 1.54) is 0 Å². The monoisotopic (exact) mass is 223 g/mol. The van der Waals surface area contributed by atoms with E-state index in [0.717, 1.165) is 17.8 Å². The molecule has 0 saturated carbocycles. The summed E-state index contributed by atoms with van der Waals surface area (Å²) < 4.78 is 1.85. The average molecular weight is 223 g/mol. The predicted octanol–water partition coefficient (Wildman–Crippen LogP) is 1.37. The molecule has 88 valence electrons. The van der Waals surface area contributed by atoms with Crippen LogP contribution in [0, 0.1) is 0 Å². The number of hydrogen-bond acceptors (Lipinski definition) is 3. The van der Waals surface area contributed by atoms with Crippen molar-refractivity contribution in [2.24, 2.45) is 0 Å². The first kappa shape index (κ1) is 11.1. The van der Waals surface area contributed by atoms with Crippen LogP contribution in [0.3, 0.4) is 0 Å². The van der Waals surface area contributed by atoms with Crippen molar-refractivity contribution >= 4 is 5.97 Å². The Labute approximate surface area is 94.5 Å².